The smallest absolute Gasteiger partial charge is 0.100 e. The topological polar surface area (TPSA) is 49.7 Å². The van der Waals surface area contributed by atoms with Gasteiger partial charge in [0.15, 0.2) is 0 Å². The number of rotatable bonds is 19. The van der Waals surface area contributed by atoms with Crippen molar-refractivity contribution in [1.82, 2.24) is 0 Å². The maximum Gasteiger partial charge on any atom is 0.100 e. The van der Waals surface area contributed by atoms with Gasteiger partial charge in [0.25, 0.3) is 0 Å². The van der Waals surface area contributed by atoms with Crippen molar-refractivity contribution < 1.29 is 14.9 Å². The quantitative estimate of drug-likeness (QED) is 0.305. The lowest BCUT2D eigenvalue weighted by Gasteiger charge is -2.18. The second kappa shape index (κ2) is 19.2. The average Bonchev–Trinajstić information content (AvgIpc) is 2.59. The summed E-state index contributed by atoms with van der Waals surface area (Å²) in [5.74, 6) is 0.619. The molecule has 0 aromatic carbocycles. The van der Waals surface area contributed by atoms with Gasteiger partial charge < -0.3 is 14.9 Å². The van der Waals surface area contributed by atoms with Crippen LogP contribution in [0.3, 0.4) is 0 Å². The van der Waals surface area contributed by atoms with Crippen molar-refractivity contribution in [3.8, 4) is 0 Å². The summed E-state index contributed by atoms with van der Waals surface area (Å²) >= 11 is 0. The first-order chi connectivity index (χ1) is 11.7. The molecule has 0 aromatic heterocycles. The zero-order valence-corrected chi connectivity index (χ0v) is 16.5. The van der Waals surface area contributed by atoms with Gasteiger partial charge in [-0.3, -0.25) is 0 Å². The van der Waals surface area contributed by atoms with Crippen LogP contribution in [-0.4, -0.2) is 36.1 Å². The van der Waals surface area contributed by atoms with Crippen molar-refractivity contribution in [3.63, 3.8) is 0 Å². The van der Waals surface area contributed by atoms with Gasteiger partial charge in [-0.05, 0) is 18.8 Å². The summed E-state index contributed by atoms with van der Waals surface area (Å²) in [6, 6.07) is 0. The maximum absolute atomic E-state index is 9.39. The fourth-order valence-electron chi connectivity index (χ4n) is 3.16. The van der Waals surface area contributed by atoms with Crippen LogP contribution in [0.1, 0.15) is 104 Å². The summed E-state index contributed by atoms with van der Waals surface area (Å²) in [4.78, 5) is 0. The molecule has 0 aliphatic carbocycles. The Balaban J connectivity index is 3.80. The third kappa shape index (κ3) is 16.7. The highest BCUT2D eigenvalue weighted by atomic mass is 16.5. The molecule has 0 aliphatic rings. The van der Waals surface area contributed by atoms with Crippen molar-refractivity contribution in [1.29, 1.82) is 0 Å². The van der Waals surface area contributed by atoms with Crippen molar-refractivity contribution >= 4 is 0 Å². The molecule has 3 nitrogen and oxygen atoms in total. The van der Waals surface area contributed by atoms with Crippen LogP contribution in [0.25, 0.3) is 0 Å². The molecule has 0 radical (unpaired) electrons. The lowest BCUT2D eigenvalue weighted by molar-refractivity contribution is -0.00677. The van der Waals surface area contributed by atoms with E-state index in [1.54, 1.807) is 0 Å². The zero-order valence-electron chi connectivity index (χ0n) is 16.5. The molecule has 0 saturated heterocycles. The van der Waals surface area contributed by atoms with Crippen LogP contribution in [0.15, 0.2) is 0 Å². The van der Waals surface area contributed by atoms with Gasteiger partial charge >= 0.3 is 0 Å². The van der Waals surface area contributed by atoms with Crippen LogP contribution in [0.5, 0.6) is 0 Å². The van der Waals surface area contributed by atoms with E-state index in [2.05, 4.69) is 13.8 Å². The summed E-state index contributed by atoms with van der Waals surface area (Å²) in [6.07, 6.45) is 17.9. The first-order valence-electron chi connectivity index (χ1n) is 10.6. The first-order valence-corrected chi connectivity index (χ1v) is 10.6. The van der Waals surface area contributed by atoms with Gasteiger partial charge in [-0.15, -0.1) is 0 Å². The predicted octanol–water partition coefficient (Wildman–Crippen LogP) is 5.47. The fraction of sp³-hybridized carbons (Fsp3) is 1.00. The molecule has 0 bridgehead atoms. The van der Waals surface area contributed by atoms with Crippen molar-refractivity contribution in [2.45, 2.75) is 110 Å². The van der Waals surface area contributed by atoms with Gasteiger partial charge in [-0.2, -0.15) is 0 Å². The highest BCUT2D eigenvalue weighted by Crippen LogP contribution is 2.19. The molecule has 0 fully saturated rings. The van der Waals surface area contributed by atoms with E-state index in [0.29, 0.717) is 5.92 Å². The molecule has 0 saturated carbocycles. The number of aliphatic hydroxyl groups excluding tert-OH is 2. The third-order valence-corrected chi connectivity index (χ3v) is 4.81. The van der Waals surface area contributed by atoms with Gasteiger partial charge in [-0.25, -0.2) is 0 Å². The van der Waals surface area contributed by atoms with E-state index in [-0.39, 0.29) is 13.2 Å². The Kier molecular flexibility index (Phi) is 19.1. The van der Waals surface area contributed by atoms with Crippen molar-refractivity contribution in [2.24, 2.45) is 5.92 Å². The standard InChI is InChI=1S/C21H44O3/c1-3-5-7-9-10-12-14-16-20(15-13-11-8-6-4-2)18-24-19-21(23)17-22/h20-23H,3-19H2,1-2H3. The molecule has 2 unspecified atom stereocenters. The highest BCUT2D eigenvalue weighted by Gasteiger charge is 2.10. The van der Waals surface area contributed by atoms with E-state index in [4.69, 9.17) is 9.84 Å². The SMILES string of the molecule is CCCCCCCCCC(CCCCCCC)COCC(O)CO. The molecular weight excluding hydrogens is 300 g/mol. The minimum atomic E-state index is -0.728. The molecule has 2 atom stereocenters. The van der Waals surface area contributed by atoms with Crippen LogP contribution in [-0.2, 0) is 4.74 Å². The van der Waals surface area contributed by atoms with Crippen LogP contribution < -0.4 is 0 Å². The number of ether oxygens (including phenoxy) is 1. The van der Waals surface area contributed by atoms with Crippen LogP contribution >= 0.6 is 0 Å². The minimum Gasteiger partial charge on any atom is -0.394 e. The molecule has 3 heteroatoms. The van der Waals surface area contributed by atoms with E-state index >= 15 is 0 Å². The van der Waals surface area contributed by atoms with Gasteiger partial charge in [0, 0.05) is 6.61 Å². The normalized spacial score (nSPS) is 14.0. The van der Waals surface area contributed by atoms with Crippen LogP contribution in [0.4, 0.5) is 0 Å². The molecule has 2 N–H and O–H groups in total. The van der Waals surface area contributed by atoms with Crippen LogP contribution in [0.2, 0.25) is 0 Å². The molecule has 0 spiro atoms. The predicted molar refractivity (Wildman–Crippen MR) is 103 cm³/mol. The van der Waals surface area contributed by atoms with E-state index < -0.39 is 6.10 Å². The van der Waals surface area contributed by atoms with Gasteiger partial charge in [0.05, 0.1) is 13.2 Å². The van der Waals surface area contributed by atoms with Crippen LogP contribution in [0, 0.1) is 5.92 Å². The van der Waals surface area contributed by atoms with Crippen molar-refractivity contribution in [3.05, 3.63) is 0 Å². The largest absolute Gasteiger partial charge is 0.394 e. The lowest BCUT2D eigenvalue weighted by atomic mass is 9.95. The summed E-state index contributed by atoms with van der Waals surface area (Å²) in [5, 5.41) is 18.2. The molecule has 0 aliphatic heterocycles. The lowest BCUT2D eigenvalue weighted by Crippen LogP contribution is -2.22. The molecule has 0 amide bonds. The van der Waals surface area contributed by atoms with Gasteiger partial charge in [-0.1, -0.05) is 90.9 Å². The molecule has 0 aromatic rings. The van der Waals surface area contributed by atoms with Gasteiger partial charge in [0.1, 0.15) is 6.10 Å². The summed E-state index contributed by atoms with van der Waals surface area (Å²) < 4.78 is 5.63. The fourth-order valence-corrected chi connectivity index (χ4v) is 3.16. The van der Waals surface area contributed by atoms with E-state index in [1.807, 2.05) is 0 Å². The number of hydrogen-bond acceptors (Lipinski definition) is 3. The van der Waals surface area contributed by atoms with E-state index in [0.717, 1.165) is 6.61 Å². The Bertz CT molecular complexity index is 233. The second-order valence-corrected chi connectivity index (χ2v) is 7.35. The average molecular weight is 345 g/mol. The van der Waals surface area contributed by atoms with E-state index in [9.17, 15) is 5.11 Å². The highest BCUT2D eigenvalue weighted by molar-refractivity contribution is 4.61. The molecule has 0 heterocycles. The number of unbranched alkanes of at least 4 members (excludes halogenated alkanes) is 10. The minimum absolute atomic E-state index is 0.209. The Morgan fingerprint density at radius 3 is 1.58 bits per heavy atom. The second-order valence-electron chi connectivity index (χ2n) is 7.35. The zero-order chi connectivity index (χ0) is 17.9. The first kappa shape index (κ1) is 23.9. The van der Waals surface area contributed by atoms with Crippen molar-refractivity contribution in [2.75, 3.05) is 19.8 Å². The molecular formula is C21H44O3. The Morgan fingerprint density at radius 1 is 0.667 bits per heavy atom. The number of hydrogen-bond donors (Lipinski definition) is 2. The van der Waals surface area contributed by atoms with Gasteiger partial charge in [0.2, 0.25) is 0 Å². The summed E-state index contributed by atoms with van der Waals surface area (Å²) in [6.45, 7) is 5.31. The number of aliphatic hydroxyl groups is 2. The maximum atomic E-state index is 9.39. The monoisotopic (exact) mass is 344 g/mol. The Morgan fingerprint density at radius 2 is 1.12 bits per heavy atom. The Labute approximate surface area is 151 Å². The third-order valence-electron chi connectivity index (χ3n) is 4.81. The summed E-state index contributed by atoms with van der Waals surface area (Å²) in [5.41, 5.74) is 0. The molecule has 146 valence electrons. The Hall–Kier alpha value is -0.120. The molecule has 0 rings (SSSR count). The molecule has 24 heavy (non-hydrogen) atoms. The summed E-state index contributed by atoms with van der Waals surface area (Å²) in [7, 11) is 0. The van der Waals surface area contributed by atoms with E-state index in [1.165, 1.54) is 89.9 Å².